The van der Waals surface area contributed by atoms with Crippen LogP contribution in [0.2, 0.25) is 0 Å². The molecule has 0 spiro atoms. The number of benzene rings is 1. The van der Waals surface area contributed by atoms with E-state index in [1.165, 1.54) is 0 Å². The Hall–Kier alpha value is -0.292. The number of hydrogen-bond acceptors (Lipinski definition) is 0. The SMILES string of the molecule is [Mo].[NH]c1ccccc1. The first-order chi connectivity index (χ1) is 3.39. The minimum atomic E-state index is 0. The van der Waals surface area contributed by atoms with Crippen molar-refractivity contribution < 1.29 is 21.1 Å². The van der Waals surface area contributed by atoms with Gasteiger partial charge < -0.3 is 5.73 Å². The van der Waals surface area contributed by atoms with Crippen molar-refractivity contribution in [2.45, 2.75) is 0 Å². The topological polar surface area (TPSA) is 23.8 Å². The Labute approximate surface area is 63.2 Å². The minimum absolute atomic E-state index is 0. The van der Waals surface area contributed by atoms with Crippen molar-refractivity contribution in [3.8, 4) is 0 Å². The molecule has 0 aliphatic carbocycles. The van der Waals surface area contributed by atoms with Gasteiger partial charge in [0.1, 0.15) is 0 Å². The predicted octanol–water partition coefficient (Wildman–Crippen LogP) is 1.60. The molecule has 2 heteroatoms. The summed E-state index contributed by atoms with van der Waals surface area (Å²) < 4.78 is 0. The molecule has 41 valence electrons. The van der Waals surface area contributed by atoms with Crippen molar-refractivity contribution in [3.63, 3.8) is 0 Å². The van der Waals surface area contributed by atoms with Gasteiger partial charge in [0, 0.05) is 21.1 Å². The van der Waals surface area contributed by atoms with E-state index in [-0.39, 0.29) is 21.1 Å². The second-order valence-corrected chi connectivity index (χ2v) is 1.37. The molecule has 1 rings (SSSR count). The molecule has 1 aromatic rings. The van der Waals surface area contributed by atoms with Crippen LogP contribution in [0.4, 0.5) is 5.69 Å². The van der Waals surface area contributed by atoms with E-state index in [9.17, 15) is 0 Å². The van der Waals surface area contributed by atoms with Crippen LogP contribution in [0.25, 0.3) is 0 Å². The average Bonchev–Trinajstić information content (AvgIpc) is 1.69. The third-order valence-electron chi connectivity index (χ3n) is 0.774. The van der Waals surface area contributed by atoms with Crippen LogP contribution < -0.4 is 5.73 Å². The summed E-state index contributed by atoms with van der Waals surface area (Å²) in [4.78, 5) is 0. The predicted molar refractivity (Wildman–Crippen MR) is 29.2 cm³/mol. The molecule has 0 aliphatic heterocycles. The molecule has 0 aromatic heterocycles. The summed E-state index contributed by atoms with van der Waals surface area (Å²) in [6.07, 6.45) is 0. The van der Waals surface area contributed by atoms with E-state index in [0.717, 1.165) is 0 Å². The first-order valence-electron chi connectivity index (χ1n) is 2.16. The zero-order chi connectivity index (χ0) is 5.11. The van der Waals surface area contributed by atoms with Gasteiger partial charge in [-0.25, -0.2) is 0 Å². The summed E-state index contributed by atoms with van der Waals surface area (Å²) in [5, 5.41) is 0. The van der Waals surface area contributed by atoms with Crippen LogP contribution >= 0.6 is 0 Å². The van der Waals surface area contributed by atoms with E-state index in [4.69, 9.17) is 5.73 Å². The maximum Gasteiger partial charge on any atom is 0.0539 e. The Bertz CT molecular complexity index is 138. The molecule has 1 N–H and O–H groups in total. The summed E-state index contributed by atoms with van der Waals surface area (Å²) in [7, 11) is 0. The Morgan fingerprint density at radius 3 is 1.75 bits per heavy atom. The molecule has 0 fully saturated rings. The van der Waals surface area contributed by atoms with Gasteiger partial charge in [0.05, 0.1) is 5.69 Å². The zero-order valence-corrected chi connectivity index (χ0v) is 6.30. The van der Waals surface area contributed by atoms with Crippen molar-refractivity contribution in [3.05, 3.63) is 30.3 Å². The van der Waals surface area contributed by atoms with Crippen LogP contribution in [0.5, 0.6) is 0 Å². The largest absolute Gasteiger partial charge is 0.301 e. The van der Waals surface area contributed by atoms with Crippen molar-refractivity contribution in [1.82, 2.24) is 5.73 Å². The second kappa shape index (κ2) is 3.68. The quantitative estimate of drug-likeness (QED) is 0.552. The maximum atomic E-state index is 7.00. The molecule has 0 amide bonds. The molecule has 0 saturated heterocycles. The Balaban J connectivity index is 0.000000490. The summed E-state index contributed by atoms with van der Waals surface area (Å²) in [5.74, 6) is 0. The molecule has 0 heterocycles. The fourth-order valence-corrected chi connectivity index (χ4v) is 0.438. The monoisotopic (exact) mass is 190 g/mol. The fourth-order valence-electron chi connectivity index (χ4n) is 0.438. The van der Waals surface area contributed by atoms with E-state index in [1.807, 2.05) is 18.2 Å². The maximum absolute atomic E-state index is 7.00. The van der Waals surface area contributed by atoms with E-state index >= 15 is 0 Å². The minimum Gasteiger partial charge on any atom is -0.301 e. The van der Waals surface area contributed by atoms with E-state index < -0.39 is 0 Å². The van der Waals surface area contributed by atoms with Gasteiger partial charge >= 0.3 is 0 Å². The summed E-state index contributed by atoms with van der Waals surface area (Å²) in [6, 6.07) is 9.10. The van der Waals surface area contributed by atoms with Crippen molar-refractivity contribution in [1.29, 1.82) is 0 Å². The molecular formula is C6H6MoN. The molecule has 1 radical (unpaired) electrons. The van der Waals surface area contributed by atoms with Gasteiger partial charge in [-0.05, 0) is 12.1 Å². The molecule has 1 aromatic carbocycles. The van der Waals surface area contributed by atoms with Gasteiger partial charge in [0.2, 0.25) is 0 Å². The molecule has 8 heavy (non-hydrogen) atoms. The molecular weight excluding hydrogens is 182 g/mol. The molecule has 0 bridgehead atoms. The van der Waals surface area contributed by atoms with Gasteiger partial charge in [-0.3, -0.25) is 0 Å². The number of nitrogens with one attached hydrogen (secondary N) is 1. The van der Waals surface area contributed by atoms with Gasteiger partial charge in [0.15, 0.2) is 0 Å². The molecule has 0 saturated carbocycles. The van der Waals surface area contributed by atoms with E-state index in [1.54, 1.807) is 12.1 Å². The molecule has 0 aliphatic rings. The number of rotatable bonds is 0. The van der Waals surface area contributed by atoms with E-state index in [2.05, 4.69) is 0 Å². The van der Waals surface area contributed by atoms with Crippen LogP contribution in [-0.4, -0.2) is 0 Å². The standard InChI is InChI=1S/C6H6N.Mo/c7-6-4-2-1-3-5-6;/h1-5,7H;. The van der Waals surface area contributed by atoms with Crippen LogP contribution in [0.1, 0.15) is 0 Å². The normalized spacial score (nSPS) is 7.50. The van der Waals surface area contributed by atoms with E-state index in [0.29, 0.717) is 5.69 Å². The summed E-state index contributed by atoms with van der Waals surface area (Å²) in [5.41, 5.74) is 7.57. The third-order valence-corrected chi connectivity index (χ3v) is 0.774. The Kier molecular flexibility index (Phi) is 3.54. The van der Waals surface area contributed by atoms with Crippen LogP contribution in [0, 0.1) is 0 Å². The second-order valence-electron chi connectivity index (χ2n) is 1.37. The van der Waals surface area contributed by atoms with Crippen molar-refractivity contribution in [2.24, 2.45) is 0 Å². The first-order valence-corrected chi connectivity index (χ1v) is 2.16. The van der Waals surface area contributed by atoms with Gasteiger partial charge in [-0.1, -0.05) is 18.2 Å². The third kappa shape index (κ3) is 2.13. The van der Waals surface area contributed by atoms with Crippen molar-refractivity contribution >= 4 is 5.69 Å². The van der Waals surface area contributed by atoms with Gasteiger partial charge in [-0.2, -0.15) is 0 Å². The molecule has 0 unspecified atom stereocenters. The average molecular weight is 188 g/mol. The summed E-state index contributed by atoms with van der Waals surface area (Å²) in [6.45, 7) is 0. The summed E-state index contributed by atoms with van der Waals surface area (Å²) >= 11 is 0. The van der Waals surface area contributed by atoms with Gasteiger partial charge in [-0.15, -0.1) is 0 Å². The smallest absolute Gasteiger partial charge is 0.0539 e. The molecule has 1 nitrogen and oxygen atoms in total. The molecule has 0 atom stereocenters. The van der Waals surface area contributed by atoms with Crippen molar-refractivity contribution in [2.75, 3.05) is 0 Å². The van der Waals surface area contributed by atoms with Crippen LogP contribution in [0.15, 0.2) is 30.3 Å². The van der Waals surface area contributed by atoms with Crippen LogP contribution in [-0.2, 0) is 21.1 Å². The zero-order valence-electron chi connectivity index (χ0n) is 4.29. The fraction of sp³-hybridized carbons (Fsp3) is 0. The van der Waals surface area contributed by atoms with Crippen LogP contribution in [0.3, 0.4) is 0 Å². The number of hydrogen-bond donors (Lipinski definition) is 0. The van der Waals surface area contributed by atoms with Gasteiger partial charge in [0.25, 0.3) is 0 Å². The first kappa shape index (κ1) is 7.71. The Morgan fingerprint density at radius 1 is 1.00 bits per heavy atom. The Morgan fingerprint density at radius 2 is 1.50 bits per heavy atom.